The number of nitrogens with one attached hydrogen (secondary N) is 1. The van der Waals surface area contributed by atoms with Crippen molar-refractivity contribution in [3.05, 3.63) is 58.1 Å². The summed E-state index contributed by atoms with van der Waals surface area (Å²) in [6, 6.07) is 13.0. The maximum Gasteiger partial charge on any atom is 0.321 e. The number of carbonyl (C=O) groups excluding carboxylic acids is 1. The Bertz CT molecular complexity index is 760. The van der Waals surface area contributed by atoms with Crippen molar-refractivity contribution in [3.63, 3.8) is 0 Å². The number of carbonyl (C=O) groups is 1. The van der Waals surface area contributed by atoms with Gasteiger partial charge in [0.05, 0.1) is 17.8 Å². The molecule has 1 heterocycles. The van der Waals surface area contributed by atoms with E-state index in [9.17, 15) is 4.79 Å². The normalized spacial score (nSPS) is 15.0. The van der Waals surface area contributed by atoms with Gasteiger partial charge in [0, 0.05) is 37.7 Å². The molecule has 2 aromatic rings. The Kier molecular flexibility index (Phi) is 6.25. The summed E-state index contributed by atoms with van der Waals surface area (Å²) in [5, 5.41) is 3.82. The molecule has 1 saturated heterocycles. The molecule has 3 rings (SSSR count). The molecule has 138 valence electrons. The average Bonchev–Trinajstić information content (AvgIpc) is 2.65. The van der Waals surface area contributed by atoms with Crippen LogP contribution >= 0.6 is 23.2 Å². The Morgan fingerprint density at radius 1 is 1.08 bits per heavy atom. The molecule has 1 N–H and O–H groups in total. The van der Waals surface area contributed by atoms with Crippen molar-refractivity contribution in [3.8, 4) is 5.75 Å². The molecule has 0 spiro atoms. The van der Waals surface area contributed by atoms with E-state index >= 15 is 0 Å². The third kappa shape index (κ3) is 4.81. The summed E-state index contributed by atoms with van der Waals surface area (Å²) in [7, 11) is 1.66. The van der Waals surface area contributed by atoms with Crippen molar-refractivity contribution in [2.24, 2.45) is 0 Å². The third-order valence-corrected chi connectivity index (χ3v) is 4.95. The molecular weight excluding hydrogens is 373 g/mol. The molecule has 0 aromatic heterocycles. The van der Waals surface area contributed by atoms with Gasteiger partial charge in [0.15, 0.2) is 0 Å². The van der Waals surface area contributed by atoms with Gasteiger partial charge in [-0.2, -0.15) is 0 Å². The lowest BCUT2D eigenvalue weighted by Gasteiger charge is -2.34. The van der Waals surface area contributed by atoms with Gasteiger partial charge in [-0.25, -0.2) is 4.79 Å². The summed E-state index contributed by atoms with van der Waals surface area (Å²) in [6.45, 7) is 3.87. The number of rotatable bonds is 4. The fraction of sp³-hybridized carbons (Fsp3) is 0.316. The van der Waals surface area contributed by atoms with Gasteiger partial charge in [0.25, 0.3) is 0 Å². The molecule has 1 aliphatic heterocycles. The summed E-state index contributed by atoms with van der Waals surface area (Å²) in [4.78, 5) is 16.6. The monoisotopic (exact) mass is 393 g/mol. The van der Waals surface area contributed by atoms with Crippen LogP contribution in [0.3, 0.4) is 0 Å². The van der Waals surface area contributed by atoms with Crippen LogP contribution in [0.25, 0.3) is 0 Å². The van der Waals surface area contributed by atoms with Gasteiger partial charge in [0.1, 0.15) is 5.75 Å². The fourth-order valence-electron chi connectivity index (χ4n) is 2.88. The van der Waals surface area contributed by atoms with Crippen molar-refractivity contribution >= 4 is 34.9 Å². The molecule has 2 amide bonds. The zero-order valence-electron chi connectivity index (χ0n) is 14.5. The number of anilines is 1. The second-order valence-electron chi connectivity index (χ2n) is 6.17. The molecule has 0 saturated carbocycles. The molecule has 0 aliphatic carbocycles. The average molecular weight is 394 g/mol. The van der Waals surface area contributed by atoms with Crippen molar-refractivity contribution in [2.45, 2.75) is 6.54 Å². The van der Waals surface area contributed by atoms with E-state index in [0.717, 1.165) is 25.4 Å². The highest BCUT2D eigenvalue weighted by molar-refractivity contribution is 6.36. The first-order valence-electron chi connectivity index (χ1n) is 8.41. The minimum atomic E-state index is -0.140. The first-order valence-corrected chi connectivity index (χ1v) is 9.17. The van der Waals surface area contributed by atoms with Crippen molar-refractivity contribution < 1.29 is 9.53 Å². The zero-order valence-corrected chi connectivity index (χ0v) is 16.1. The number of ether oxygens (including phenoxy) is 1. The van der Waals surface area contributed by atoms with Gasteiger partial charge in [0.2, 0.25) is 0 Å². The lowest BCUT2D eigenvalue weighted by Crippen LogP contribution is -2.49. The molecule has 0 atom stereocenters. The first kappa shape index (κ1) is 18.8. The molecule has 2 aromatic carbocycles. The summed E-state index contributed by atoms with van der Waals surface area (Å²) < 4.78 is 5.18. The van der Waals surface area contributed by atoms with Crippen molar-refractivity contribution in [1.82, 2.24) is 9.80 Å². The standard InChI is InChI=1S/C19H21Cl2N3O2/c1-26-16-5-2-14(3-6-16)13-23-8-10-24(11-9-23)19(25)22-18-7-4-15(20)12-17(18)21/h2-7,12H,8-11,13H2,1H3,(H,22,25). The highest BCUT2D eigenvalue weighted by atomic mass is 35.5. The van der Waals surface area contributed by atoms with E-state index in [1.807, 2.05) is 12.1 Å². The Balaban J connectivity index is 1.50. The van der Waals surface area contributed by atoms with E-state index in [1.54, 1.807) is 30.2 Å². The second kappa shape index (κ2) is 8.62. The molecule has 1 aliphatic rings. The quantitative estimate of drug-likeness (QED) is 0.839. The highest BCUT2D eigenvalue weighted by Gasteiger charge is 2.21. The molecule has 26 heavy (non-hydrogen) atoms. The number of hydrogen-bond donors (Lipinski definition) is 1. The van der Waals surface area contributed by atoms with Gasteiger partial charge in [-0.3, -0.25) is 4.90 Å². The molecule has 5 nitrogen and oxygen atoms in total. The van der Waals surface area contributed by atoms with Gasteiger partial charge in [-0.15, -0.1) is 0 Å². The zero-order chi connectivity index (χ0) is 18.5. The third-order valence-electron chi connectivity index (χ3n) is 4.40. The SMILES string of the molecule is COc1ccc(CN2CCN(C(=O)Nc3ccc(Cl)cc3Cl)CC2)cc1. The number of methoxy groups -OCH3 is 1. The number of urea groups is 1. The topological polar surface area (TPSA) is 44.8 Å². The molecule has 0 radical (unpaired) electrons. The Morgan fingerprint density at radius 2 is 1.77 bits per heavy atom. The summed E-state index contributed by atoms with van der Waals surface area (Å²) in [6.07, 6.45) is 0. The maximum absolute atomic E-state index is 12.4. The van der Waals surface area contributed by atoms with Crippen LogP contribution in [0.5, 0.6) is 5.75 Å². The minimum absolute atomic E-state index is 0.140. The number of amides is 2. The number of nitrogens with zero attached hydrogens (tertiary/aromatic N) is 2. The number of hydrogen-bond acceptors (Lipinski definition) is 3. The van der Waals surface area contributed by atoms with Crippen molar-refractivity contribution in [1.29, 1.82) is 0 Å². The lowest BCUT2D eigenvalue weighted by atomic mass is 10.2. The van der Waals surface area contributed by atoms with Gasteiger partial charge in [-0.05, 0) is 35.9 Å². The number of benzene rings is 2. The van der Waals surface area contributed by atoms with Gasteiger partial charge in [-0.1, -0.05) is 35.3 Å². The van der Waals surface area contributed by atoms with E-state index in [-0.39, 0.29) is 6.03 Å². The predicted octanol–water partition coefficient (Wildman–Crippen LogP) is 4.35. The van der Waals surface area contributed by atoms with Crippen LogP contribution in [0, 0.1) is 0 Å². The molecular formula is C19H21Cl2N3O2. The summed E-state index contributed by atoms with van der Waals surface area (Å²) in [5.41, 5.74) is 1.80. The van der Waals surface area contributed by atoms with Crippen LogP contribution in [0.1, 0.15) is 5.56 Å². The van der Waals surface area contributed by atoms with Crippen LogP contribution in [-0.2, 0) is 6.54 Å². The van der Waals surface area contributed by atoms with E-state index in [2.05, 4.69) is 22.3 Å². The van der Waals surface area contributed by atoms with E-state index in [4.69, 9.17) is 27.9 Å². The Hall–Kier alpha value is -1.95. The molecule has 0 unspecified atom stereocenters. The van der Waals surface area contributed by atoms with Gasteiger partial charge < -0.3 is 15.0 Å². The number of halogens is 2. The smallest absolute Gasteiger partial charge is 0.321 e. The molecule has 1 fully saturated rings. The summed E-state index contributed by atoms with van der Waals surface area (Å²) in [5.74, 6) is 0.858. The molecule has 0 bridgehead atoms. The van der Waals surface area contributed by atoms with E-state index in [0.29, 0.717) is 28.8 Å². The maximum atomic E-state index is 12.4. The van der Waals surface area contributed by atoms with Crippen LogP contribution in [0.2, 0.25) is 10.0 Å². The Labute approximate surface area is 163 Å². The minimum Gasteiger partial charge on any atom is -0.497 e. The molecule has 7 heteroatoms. The first-order chi connectivity index (χ1) is 12.5. The van der Waals surface area contributed by atoms with Crippen LogP contribution in [0.4, 0.5) is 10.5 Å². The fourth-order valence-corrected chi connectivity index (χ4v) is 3.34. The summed E-state index contributed by atoms with van der Waals surface area (Å²) >= 11 is 12.0. The Morgan fingerprint density at radius 3 is 2.38 bits per heavy atom. The second-order valence-corrected chi connectivity index (χ2v) is 7.01. The largest absolute Gasteiger partial charge is 0.497 e. The predicted molar refractivity (Wildman–Crippen MR) is 105 cm³/mol. The van der Waals surface area contributed by atoms with Crippen molar-refractivity contribution in [2.75, 3.05) is 38.6 Å². The highest BCUT2D eigenvalue weighted by Crippen LogP contribution is 2.25. The van der Waals surface area contributed by atoms with Gasteiger partial charge >= 0.3 is 6.03 Å². The van der Waals surface area contributed by atoms with Crippen LogP contribution < -0.4 is 10.1 Å². The number of piperazine rings is 1. The lowest BCUT2D eigenvalue weighted by molar-refractivity contribution is 0.143. The van der Waals surface area contributed by atoms with E-state index < -0.39 is 0 Å². The van der Waals surface area contributed by atoms with Crippen LogP contribution in [-0.4, -0.2) is 49.1 Å². The van der Waals surface area contributed by atoms with Crippen LogP contribution in [0.15, 0.2) is 42.5 Å². The van der Waals surface area contributed by atoms with E-state index in [1.165, 1.54) is 5.56 Å².